The second-order valence-electron chi connectivity index (χ2n) is 21.1. The van der Waals surface area contributed by atoms with E-state index < -0.39 is 85.0 Å². The van der Waals surface area contributed by atoms with Crippen molar-refractivity contribution in [3.05, 3.63) is 88.0 Å². The molecule has 6 fully saturated rings. The van der Waals surface area contributed by atoms with Crippen LogP contribution in [0.4, 0.5) is 52.7 Å². The smallest absolute Gasteiger partial charge is 0.166 e. The Morgan fingerprint density at radius 1 is 0.507 bits per heavy atom. The lowest BCUT2D eigenvalue weighted by Crippen LogP contribution is -2.34. The Balaban J connectivity index is 1.19. The first-order valence-corrected chi connectivity index (χ1v) is 27.9. The first-order valence-electron chi connectivity index (χ1n) is 25.0. The fourth-order valence-corrected chi connectivity index (χ4v) is 21.8. The molecule has 0 radical (unpaired) electrons. The predicted molar refractivity (Wildman–Crippen MR) is 244 cm³/mol. The van der Waals surface area contributed by atoms with Crippen LogP contribution in [-0.4, -0.2) is 17.0 Å². The van der Waals surface area contributed by atoms with Gasteiger partial charge in [-0.15, -0.1) is 0 Å². The molecule has 67 heavy (non-hydrogen) atoms. The summed E-state index contributed by atoms with van der Waals surface area (Å²) in [5, 5.41) is 0.427. The van der Waals surface area contributed by atoms with Gasteiger partial charge in [0.25, 0.3) is 0 Å². The molecule has 0 saturated heterocycles. The number of halogens is 12. The van der Waals surface area contributed by atoms with Crippen molar-refractivity contribution in [3.63, 3.8) is 0 Å². The normalized spacial score (nSPS) is 28.4. The van der Waals surface area contributed by atoms with Gasteiger partial charge in [-0.3, -0.25) is 0 Å². The molecular weight excluding hydrogens is 927 g/mol. The molecule has 0 N–H and O–H groups in total. The van der Waals surface area contributed by atoms with E-state index in [0.29, 0.717) is 78.5 Å². The van der Waals surface area contributed by atoms with Crippen molar-refractivity contribution in [2.24, 2.45) is 29.6 Å². The lowest BCUT2D eigenvalue weighted by Gasteiger charge is -2.44. The Bertz CT molecular complexity index is 2040. The zero-order valence-electron chi connectivity index (χ0n) is 38.0. The van der Waals surface area contributed by atoms with Crippen molar-refractivity contribution < 1.29 is 52.7 Å². The van der Waals surface area contributed by atoms with E-state index in [4.69, 9.17) is 0 Å². The summed E-state index contributed by atoms with van der Waals surface area (Å²) in [6, 6.07) is 9.12. The summed E-state index contributed by atoms with van der Waals surface area (Å²) in [6.07, 6.45) is -0.224. The molecule has 368 valence electrons. The third-order valence-electron chi connectivity index (χ3n) is 17.3. The zero-order valence-corrected chi connectivity index (χ0v) is 39.8. The van der Waals surface area contributed by atoms with Gasteiger partial charge in [-0.05, 0) is 213 Å². The van der Waals surface area contributed by atoms with E-state index in [1.807, 2.05) is 0 Å². The van der Waals surface area contributed by atoms with Gasteiger partial charge in [0.1, 0.15) is 0 Å². The van der Waals surface area contributed by atoms with Crippen LogP contribution in [-0.2, 0) is 24.7 Å². The van der Waals surface area contributed by atoms with Gasteiger partial charge in [-0.25, -0.2) is 0 Å². The Morgan fingerprint density at radius 3 is 1.51 bits per heavy atom. The van der Waals surface area contributed by atoms with E-state index in [9.17, 15) is 52.7 Å². The summed E-state index contributed by atoms with van der Waals surface area (Å²) in [6.45, 7) is 1.72. The molecule has 6 aliphatic carbocycles. The van der Waals surface area contributed by atoms with Gasteiger partial charge in [0.05, 0.1) is 22.3 Å². The summed E-state index contributed by atoms with van der Waals surface area (Å²) in [4.78, 5) is 0. The first-order chi connectivity index (χ1) is 31.7. The Hall–Kier alpha value is -2.32. The minimum atomic E-state index is -5.27. The van der Waals surface area contributed by atoms with Crippen LogP contribution >= 0.6 is 15.8 Å². The SMILES string of the molecule is CC[C@@H](C1CCCC(c2c([C@@H]3CC4CC3C3CCC4C3)cccc2P(C2CCCCC2)C2CCCCC2)C1)P(c1cc(C(F)(F)F)cc(C(F)(F)F)c1)c1cc(C(F)(F)F)cc(C(F)(F)F)c1. The number of hydrogen-bond acceptors (Lipinski definition) is 0. The van der Waals surface area contributed by atoms with E-state index in [0.717, 1.165) is 18.8 Å². The maximum absolute atomic E-state index is 14.5. The summed E-state index contributed by atoms with van der Waals surface area (Å²) < 4.78 is 174. The van der Waals surface area contributed by atoms with Crippen molar-refractivity contribution in [3.8, 4) is 0 Å². The quantitative estimate of drug-likeness (QED) is 0.140. The highest BCUT2D eigenvalue weighted by Crippen LogP contribution is 2.64. The number of alkyl halides is 12. The summed E-state index contributed by atoms with van der Waals surface area (Å²) >= 11 is 0. The molecule has 0 amide bonds. The highest BCUT2D eigenvalue weighted by atomic mass is 31.1. The second kappa shape index (κ2) is 19.4. The lowest BCUT2D eigenvalue weighted by atomic mass is 9.71. The van der Waals surface area contributed by atoms with Crippen LogP contribution < -0.4 is 15.9 Å². The monoisotopic (exact) mass is 988 g/mol. The Labute approximate surface area is 389 Å². The highest BCUT2D eigenvalue weighted by molar-refractivity contribution is 7.73. The van der Waals surface area contributed by atoms with Crippen molar-refractivity contribution >= 4 is 31.8 Å². The molecule has 14 heteroatoms. The van der Waals surface area contributed by atoms with Gasteiger partial charge >= 0.3 is 24.7 Å². The van der Waals surface area contributed by atoms with Crippen LogP contribution in [0.3, 0.4) is 0 Å². The van der Waals surface area contributed by atoms with Crippen molar-refractivity contribution in [2.45, 2.75) is 189 Å². The number of rotatable bonds is 10. The fourth-order valence-electron chi connectivity index (χ4n) is 14.5. The predicted octanol–water partition coefficient (Wildman–Crippen LogP) is 17.3. The lowest BCUT2D eigenvalue weighted by molar-refractivity contribution is -0.144. The molecule has 0 aliphatic heterocycles. The zero-order chi connectivity index (χ0) is 47.6. The minimum Gasteiger partial charge on any atom is -0.166 e. The minimum absolute atomic E-state index is 0.00911. The van der Waals surface area contributed by atoms with E-state index in [-0.39, 0.29) is 24.5 Å². The molecule has 0 nitrogen and oxygen atoms in total. The van der Waals surface area contributed by atoms with Crippen molar-refractivity contribution in [1.29, 1.82) is 0 Å². The van der Waals surface area contributed by atoms with Crippen LogP contribution in [0.2, 0.25) is 0 Å². The van der Waals surface area contributed by atoms with Crippen molar-refractivity contribution in [1.82, 2.24) is 0 Å². The van der Waals surface area contributed by atoms with Gasteiger partial charge in [-0.2, -0.15) is 52.7 Å². The molecule has 3 aromatic carbocycles. The molecule has 6 unspecified atom stereocenters. The number of hydrogen-bond donors (Lipinski definition) is 0. The fraction of sp³-hybridized carbons (Fsp3) is 0.660. The molecule has 9 rings (SSSR count). The van der Waals surface area contributed by atoms with Crippen LogP contribution in [0.25, 0.3) is 0 Å². The van der Waals surface area contributed by atoms with E-state index in [1.165, 1.54) is 106 Å². The Kier molecular flexibility index (Phi) is 14.3. The molecule has 0 spiro atoms. The highest BCUT2D eigenvalue weighted by Gasteiger charge is 2.52. The van der Waals surface area contributed by atoms with E-state index in [1.54, 1.807) is 6.92 Å². The summed E-state index contributed by atoms with van der Waals surface area (Å²) in [5.74, 6) is 2.68. The molecule has 3 aromatic rings. The molecule has 0 heterocycles. The largest absolute Gasteiger partial charge is 0.416 e. The van der Waals surface area contributed by atoms with Gasteiger partial charge < -0.3 is 0 Å². The molecule has 6 aliphatic rings. The van der Waals surface area contributed by atoms with Crippen LogP contribution in [0, 0.1) is 29.6 Å². The standard InChI is InChI=1S/C53H62F12P2/c1-2-47(67(42-27-36(50(54,55)56)25-37(28-42)51(57,58)59)43-29-38(52(60,61)62)26-39(30-43)53(63,64)65)33-11-9-12-34(22-33)49-44(46-24-35-23-45(46)32-20-19-31(35)21-32)17-10-18-48(49)66(40-13-5-3-6-14-40)41-15-7-4-8-16-41/h10,17-18,25-35,40-41,45-47H,2-9,11-16,19-24H2,1H3/t31?,32?,33?,34?,35?,45?,46-,47-/m0/s1. The second-order valence-corrected chi connectivity index (χ2v) is 26.3. The van der Waals surface area contributed by atoms with Gasteiger partial charge in [0, 0.05) is 0 Å². The molecule has 8 atom stereocenters. The van der Waals surface area contributed by atoms with Crippen LogP contribution in [0.1, 0.15) is 181 Å². The topological polar surface area (TPSA) is 0 Å². The molecule has 6 saturated carbocycles. The van der Waals surface area contributed by atoms with Gasteiger partial charge in [0.15, 0.2) is 0 Å². The van der Waals surface area contributed by atoms with Crippen LogP contribution in [0.15, 0.2) is 54.6 Å². The van der Waals surface area contributed by atoms with Gasteiger partial charge in [-0.1, -0.05) is 78.0 Å². The molecule has 0 aromatic heterocycles. The van der Waals surface area contributed by atoms with E-state index >= 15 is 0 Å². The first kappa shape index (κ1) is 49.7. The maximum Gasteiger partial charge on any atom is 0.416 e. The average Bonchev–Trinajstić information content (AvgIpc) is 3.89. The third-order valence-corrected chi connectivity index (χ3v) is 23.9. The maximum atomic E-state index is 14.5. The molecule has 4 bridgehead atoms. The summed E-state index contributed by atoms with van der Waals surface area (Å²) in [7, 11) is -3.23. The number of benzene rings is 3. The third kappa shape index (κ3) is 10.4. The molecular formula is C53H62F12P2. The number of fused-ring (bicyclic) bond motifs is 6. The van der Waals surface area contributed by atoms with E-state index in [2.05, 4.69) is 18.2 Å². The Morgan fingerprint density at radius 2 is 1.01 bits per heavy atom. The van der Waals surface area contributed by atoms with Crippen LogP contribution in [0.5, 0.6) is 0 Å². The summed E-state index contributed by atoms with van der Waals surface area (Å²) in [5.41, 5.74) is -3.40. The van der Waals surface area contributed by atoms with Crippen molar-refractivity contribution in [2.75, 3.05) is 0 Å². The van der Waals surface area contributed by atoms with Gasteiger partial charge in [0.2, 0.25) is 0 Å². The average molecular weight is 989 g/mol.